The highest BCUT2D eigenvalue weighted by molar-refractivity contribution is 7.15. The molecule has 1 fully saturated rings. The van der Waals surface area contributed by atoms with E-state index in [1.165, 1.54) is 24.1 Å². The van der Waals surface area contributed by atoms with Crippen molar-refractivity contribution in [1.82, 2.24) is 25.6 Å². The number of hydrogen-bond donors (Lipinski definition) is 4. The smallest absolute Gasteiger partial charge is 0.234 e. The fourth-order valence-corrected chi connectivity index (χ4v) is 3.75. The highest BCUT2D eigenvalue weighted by atomic mass is 32.1. The number of nitrogens with one attached hydrogen (secondary N) is 4. The Balaban J connectivity index is 1.57. The Morgan fingerprint density at radius 1 is 1.26 bits per heavy atom. The highest BCUT2D eigenvalue weighted by Crippen LogP contribution is 2.40. The molecule has 3 rings (SSSR count). The molecule has 27 heavy (non-hydrogen) atoms. The maximum Gasteiger partial charge on any atom is 0.234 e. The van der Waals surface area contributed by atoms with Crippen molar-refractivity contribution >= 4 is 34.0 Å². The van der Waals surface area contributed by atoms with Crippen molar-refractivity contribution in [2.75, 3.05) is 37.3 Å². The first-order chi connectivity index (χ1) is 13.2. The molecule has 0 atom stereocenters. The lowest BCUT2D eigenvalue weighted by atomic mass is 9.85. The molecule has 0 unspecified atom stereocenters. The first kappa shape index (κ1) is 19.5. The Labute approximate surface area is 163 Å². The summed E-state index contributed by atoms with van der Waals surface area (Å²) >= 11 is 1.70. The maximum atomic E-state index is 11.4. The topological polar surface area (TPSA) is 104 Å². The van der Waals surface area contributed by atoms with Crippen LogP contribution in [0.2, 0.25) is 0 Å². The van der Waals surface area contributed by atoms with Crippen molar-refractivity contribution in [3.05, 3.63) is 23.0 Å². The molecule has 146 valence electrons. The van der Waals surface area contributed by atoms with Crippen molar-refractivity contribution in [1.29, 1.82) is 0 Å². The van der Waals surface area contributed by atoms with Crippen molar-refractivity contribution in [2.45, 2.75) is 38.5 Å². The van der Waals surface area contributed by atoms with Gasteiger partial charge in [0.2, 0.25) is 5.91 Å². The maximum absolute atomic E-state index is 11.4. The lowest BCUT2D eigenvalue weighted by Crippen LogP contribution is -2.35. The van der Waals surface area contributed by atoms with Crippen molar-refractivity contribution < 1.29 is 4.79 Å². The van der Waals surface area contributed by atoms with Gasteiger partial charge in [0.1, 0.15) is 17.5 Å². The molecule has 2 heterocycles. The summed E-state index contributed by atoms with van der Waals surface area (Å²) in [4.78, 5) is 26.3. The molecular weight excluding hydrogens is 362 g/mol. The Kier molecular flexibility index (Phi) is 6.94. The minimum Gasteiger partial charge on any atom is -0.368 e. The molecule has 1 amide bonds. The van der Waals surface area contributed by atoms with Crippen molar-refractivity contribution in [3.8, 4) is 0 Å². The van der Waals surface area contributed by atoms with Crippen LogP contribution >= 0.6 is 11.3 Å². The molecule has 1 aliphatic rings. The molecule has 0 spiro atoms. The summed E-state index contributed by atoms with van der Waals surface area (Å²) in [5, 5.41) is 13.1. The number of thiazole rings is 1. The number of hydrogen-bond acceptors (Lipinski definition) is 8. The zero-order valence-corrected chi connectivity index (χ0v) is 16.7. The standard InChI is InChI=1S/C18H27N7OS/c1-3-14-23-15(20-7-8-21-17(26)11-19-2)9-16(24-14)25-18-22-10-13(27-18)12-5-4-6-12/h9-10,12,19H,3-8,11H2,1-2H3,(H,21,26)(H2,20,22,23,24,25). The zero-order valence-electron chi connectivity index (χ0n) is 15.8. The van der Waals surface area contributed by atoms with E-state index in [0.717, 1.165) is 29.0 Å². The Bertz CT molecular complexity index is 760. The molecule has 4 N–H and O–H groups in total. The second-order valence-corrected chi connectivity index (χ2v) is 7.60. The summed E-state index contributed by atoms with van der Waals surface area (Å²) in [6.45, 7) is 3.47. The summed E-state index contributed by atoms with van der Waals surface area (Å²) in [5.41, 5.74) is 0. The van der Waals surface area contributed by atoms with E-state index in [1.807, 2.05) is 19.2 Å². The van der Waals surface area contributed by atoms with Gasteiger partial charge >= 0.3 is 0 Å². The van der Waals surface area contributed by atoms with Crippen LogP contribution in [0.15, 0.2) is 12.3 Å². The van der Waals surface area contributed by atoms with Gasteiger partial charge in [0, 0.05) is 36.7 Å². The number of anilines is 3. The number of carbonyl (C=O) groups is 1. The molecule has 1 saturated carbocycles. The SMILES string of the molecule is CCc1nc(NCCNC(=O)CNC)cc(Nc2ncc(C3CCC3)s2)n1. The van der Waals surface area contributed by atoms with Gasteiger partial charge in [-0.15, -0.1) is 11.3 Å². The van der Waals surface area contributed by atoms with E-state index >= 15 is 0 Å². The van der Waals surface area contributed by atoms with Crippen LogP contribution in [0.5, 0.6) is 0 Å². The molecule has 1 aliphatic carbocycles. The van der Waals surface area contributed by atoms with Crippen LogP contribution in [0, 0.1) is 0 Å². The number of amides is 1. The molecule has 0 aromatic carbocycles. The number of aryl methyl sites for hydroxylation is 1. The van der Waals surface area contributed by atoms with Gasteiger partial charge in [0.15, 0.2) is 5.13 Å². The van der Waals surface area contributed by atoms with E-state index in [0.29, 0.717) is 25.6 Å². The van der Waals surface area contributed by atoms with Gasteiger partial charge in [-0.2, -0.15) is 0 Å². The molecule has 0 bridgehead atoms. The molecule has 0 saturated heterocycles. The van der Waals surface area contributed by atoms with Crippen LogP contribution in [0.3, 0.4) is 0 Å². The van der Waals surface area contributed by atoms with E-state index in [4.69, 9.17) is 0 Å². The van der Waals surface area contributed by atoms with E-state index in [2.05, 4.69) is 36.2 Å². The fraction of sp³-hybridized carbons (Fsp3) is 0.556. The minimum atomic E-state index is -0.0235. The third-order valence-electron chi connectivity index (χ3n) is 4.45. The van der Waals surface area contributed by atoms with Gasteiger partial charge in [0.25, 0.3) is 0 Å². The summed E-state index contributed by atoms with van der Waals surface area (Å²) in [6, 6.07) is 1.87. The summed E-state index contributed by atoms with van der Waals surface area (Å²) in [7, 11) is 1.75. The van der Waals surface area contributed by atoms with E-state index < -0.39 is 0 Å². The first-order valence-corrected chi connectivity index (χ1v) is 10.3. The number of rotatable bonds is 10. The van der Waals surface area contributed by atoms with E-state index in [-0.39, 0.29) is 5.91 Å². The average molecular weight is 390 g/mol. The summed E-state index contributed by atoms with van der Waals surface area (Å²) in [6.07, 6.45) is 6.59. The van der Waals surface area contributed by atoms with Gasteiger partial charge < -0.3 is 21.3 Å². The molecular formula is C18H27N7OS. The molecule has 2 aromatic rings. The second kappa shape index (κ2) is 9.61. The van der Waals surface area contributed by atoms with Gasteiger partial charge in [0.05, 0.1) is 6.54 Å². The van der Waals surface area contributed by atoms with Crippen LogP contribution in [0.4, 0.5) is 16.8 Å². The number of carbonyl (C=O) groups excluding carboxylic acids is 1. The number of likely N-dealkylation sites (N-methyl/N-ethyl adjacent to an activating group) is 1. The molecule has 0 radical (unpaired) electrons. The first-order valence-electron chi connectivity index (χ1n) is 9.43. The van der Waals surface area contributed by atoms with Crippen LogP contribution < -0.4 is 21.3 Å². The molecule has 9 heteroatoms. The van der Waals surface area contributed by atoms with E-state index in [9.17, 15) is 4.79 Å². The van der Waals surface area contributed by atoms with Gasteiger partial charge in [-0.05, 0) is 25.8 Å². The molecule has 2 aromatic heterocycles. The Morgan fingerprint density at radius 2 is 2.07 bits per heavy atom. The normalized spacial score (nSPS) is 13.9. The third kappa shape index (κ3) is 5.61. The minimum absolute atomic E-state index is 0.0235. The van der Waals surface area contributed by atoms with Gasteiger partial charge in [-0.25, -0.2) is 15.0 Å². The second-order valence-electron chi connectivity index (χ2n) is 6.54. The molecule has 8 nitrogen and oxygen atoms in total. The van der Waals surface area contributed by atoms with Gasteiger partial charge in [-0.1, -0.05) is 13.3 Å². The quantitative estimate of drug-likeness (QED) is 0.462. The van der Waals surface area contributed by atoms with Crippen LogP contribution in [0.25, 0.3) is 0 Å². The molecule has 0 aliphatic heterocycles. The zero-order chi connectivity index (χ0) is 19.1. The monoisotopic (exact) mass is 389 g/mol. The van der Waals surface area contributed by atoms with E-state index in [1.54, 1.807) is 18.4 Å². The highest BCUT2D eigenvalue weighted by Gasteiger charge is 2.21. The lowest BCUT2D eigenvalue weighted by molar-refractivity contribution is -0.120. The Hall–Kier alpha value is -2.26. The van der Waals surface area contributed by atoms with Gasteiger partial charge in [-0.3, -0.25) is 4.79 Å². The summed E-state index contributed by atoms with van der Waals surface area (Å²) in [5.74, 6) is 2.90. The van der Waals surface area contributed by atoms with Crippen molar-refractivity contribution in [2.24, 2.45) is 0 Å². The summed E-state index contributed by atoms with van der Waals surface area (Å²) < 4.78 is 0. The predicted octanol–water partition coefficient (Wildman–Crippen LogP) is 2.25. The third-order valence-corrected chi connectivity index (χ3v) is 5.52. The van der Waals surface area contributed by atoms with Crippen LogP contribution in [0.1, 0.15) is 42.8 Å². The predicted molar refractivity (Wildman–Crippen MR) is 109 cm³/mol. The average Bonchev–Trinajstić information content (AvgIpc) is 3.05. The van der Waals surface area contributed by atoms with Crippen LogP contribution in [-0.4, -0.2) is 47.5 Å². The largest absolute Gasteiger partial charge is 0.368 e. The number of aromatic nitrogens is 3. The number of nitrogens with zero attached hydrogens (tertiary/aromatic N) is 3. The fourth-order valence-electron chi connectivity index (χ4n) is 2.76. The Morgan fingerprint density at radius 3 is 2.78 bits per heavy atom. The lowest BCUT2D eigenvalue weighted by Gasteiger charge is -2.23. The van der Waals surface area contributed by atoms with Crippen LogP contribution in [-0.2, 0) is 11.2 Å². The van der Waals surface area contributed by atoms with Crippen molar-refractivity contribution in [3.63, 3.8) is 0 Å².